The van der Waals surface area contributed by atoms with E-state index in [0.717, 1.165) is 17.8 Å². The Morgan fingerprint density at radius 1 is 1.12 bits per heavy atom. The van der Waals surface area contributed by atoms with E-state index >= 15 is 0 Å². The number of carbonyl (C=O) groups is 1. The number of ether oxygens (including phenoxy) is 2. The molecule has 3 aromatic rings. The molecule has 0 saturated heterocycles. The summed E-state index contributed by atoms with van der Waals surface area (Å²) < 4.78 is 10.6. The minimum absolute atomic E-state index is 0.121. The standard InChI is InChI=1S/C20H18N2O3S/c23-20(15-6-7-17-18(11-15)25-13-24-17)21-9-8-19-22-12-16(26-19)10-14-4-2-1-3-5-14/h1-7,11-12H,8-10,13H2,(H,21,23). The summed E-state index contributed by atoms with van der Waals surface area (Å²) in [7, 11) is 0. The molecular weight excluding hydrogens is 348 g/mol. The summed E-state index contributed by atoms with van der Waals surface area (Å²) in [5, 5.41) is 3.96. The second kappa shape index (κ2) is 7.58. The van der Waals surface area contributed by atoms with Gasteiger partial charge in [-0.15, -0.1) is 11.3 Å². The van der Waals surface area contributed by atoms with Crippen LogP contribution in [0, 0.1) is 0 Å². The Kier molecular flexibility index (Phi) is 4.84. The van der Waals surface area contributed by atoms with Gasteiger partial charge in [0.15, 0.2) is 11.5 Å². The van der Waals surface area contributed by atoms with Crippen molar-refractivity contribution >= 4 is 17.2 Å². The van der Waals surface area contributed by atoms with E-state index in [4.69, 9.17) is 9.47 Å². The van der Waals surface area contributed by atoms with E-state index in [1.54, 1.807) is 29.5 Å². The van der Waals surface area contributed by atoms with Crippen LogP contribution in [0.4, 0.5) is 0 Å². The fourth-order valence-electron chi connectivity index (χ4n) is 2.77. The number of rotatable bonds is 6. The molecule has 0 spiro atoms. The van der Waals surface area contributed by atoms with Crippen molar-refractivity contribution in [2.75, 3.05) is 13.3 Å². The lowest BCUT2D eigenvalue weighted by molar-refractivity contribution is 0.0953. The van der Waals surface area contributed by atoms with Crippen LogP contribution in [0.3, 0.4) is 0 Å². The van der Waals surface area contributed by atoms with E-state index in [1.165, 1.54) is 10.4 Å². The monoisotopic (exact) mass is 366 g/mol. The Bertz CT molecular complexity index is 908. The fraction of sp³-hybridized carbons (Fsp3) is 0.200. The molecule has 2 heterocycles. The minimum Gasteiger partial charge on any atom is -0.454 e. The van der Waals surface area contributed by atoms with Gasteiger partial charge < -0.3 is 14.8 Å². The Morgan fingerprint density at radius 2 is 1.96 bits per heavy atom. The molecule has 0 fully saturated rings. The Labute approximate surface area is 155 Å². The van der Waals surface area contributed by atoms with Gasteiger partial charge in [-0.1, -0.05) is 30.3 Å². The summed E-state index contributed by atoms with van der Waals surface area (Å²) in [5.41, 5.74) is 1.84. The van der Waals surface area contributed by atoms with Gasteiger partial charge in [0.1, 0.15) is 0 Å². The van der Waals surface area contributed by atoms with Crippen molar-refractivity contribution in [1.29, 1.82) is 0 Å². The average molecular weight is 366 g/mol. The van der Waals surface area contributed by atoms with E-state index in [0.29, 0.717) is 23.6 Å². The lowest BCUT2D eigenvalue weighted by Crippen LogP contribution is -2.25. The van der Waals surface area contributed by atoms with Crippen LogP contribution < -0.4 is 14.8 Å². The highest BCUT2D eigenvalue weighted by molar-refractivity contribution is 7.11. The molecule has 0 radical (unpaired) electrons. The highest BCUT2D eigenvalue weighted by atomic mass is 32.1. The molecule has 0 unspecified atom stereocenters. The summed E-state index contributed by atoms with van der Waals surface area (Å²) >= 11 is 1.69. The van der Waals surface area contributed by atoms with Crippen molar-refractivity contribution in [2.45, 2.75) is 12.8 Å². The number of amides is 1. The van der Waals surface area contributed by atoms with Crippen LogP contribution in [-0.2, 0) is 12.8 Å². The van der Waals surface area contributed by atoms with Gasteiger partial charge in [-0.25, -0.2) is 4.98 Å². The van der Waals surface area contributed by atoms with Crippen LogP contribution in [0.1, 0.15) is 25.8 Å². The van der Waals surface area contributed by atoms with E-state index in [2.05, 4.69) is 22.4 Å². The number of thiazole rings is 1. The first-order valence-corrected chi connectivity index (χ1v) is 9.25. The second-order valence-electron chi connectivity index (χ2n) is 5.96. The Morgan fingerprint density at radius 3 is 2.85 bits per heavy atom. The molecule has 5 nitrogen and oxygen atoms in total. The number of carbonyl (C=O) groups excluding carboxylic acids is 1. The molecule has 132 valence electrons. The van der Waals surface area contributed by atoms with Crippen molar-refractivity contribution in [3.05, 3.63) is 75.7 Å². The highest BCUT2D eigenvalue weighted by Crippen LogP contribution is 2.32. The van der Waals surface area contributed by atoms with Gasteiger partial charge in [-0.05, 0) is 23.8 Å². The predicted octanol–water partition coefficient (Wildman–Crippen LogP) is 3.44. The first kappa shape index (κ1) is 16.6. The number of benzene rings is 2. The molecule has 6 heteroatoms. The smallest absolute Gasteiger partial charge is 0.251 e. The van der Waals surface area contributed by atoms with Crippen molar-refractivity contribution in [3.8, 4) is 11.5 Å². The van der Waals surface area contributed by atoms with Crippen LogP contribution >= 0.6 is 11.3 Å². The topological polar surface area (TPSA) is 60.5 Å². The van der Waals surface area contributed by atoms with Gasteiger partial charge in [-0.3, -0.25) is 4.79 Å². The molecule has 0 saturated carbocycles. The molecule has 1 aliphatic heterocycles. The van der Waals surface area contributed by atoms with Gasteiger partial charge in [0.25, 0.3) is 5.91 Å². The molecule has 1 amide bonds. The van der Waals surface area contributed by atoms with E-state index in [1.807, 2.05) is 24.4 Å². The fourth-order valence-corrected chi connectivity index (χ4v) is 3.72. The zero-order valence-corrected chi connectivity index (χ0v) is 14.9. The quantitative estimate of drug-likeness (QED) is 0.726. The number of hydrogen-bond donors (Lipinski definition) is 1. The van der Waals surface area contributed by atoms with Crippen molar-refractivity contribution in [3.63, 3.8) is 0 Å². The zero-order chi connectivity index (χ0) is 17.8. The third kappa shape index (κ3) is 3.86. The van der Waals surface area contributed by atoms with Gasteiger partial charge in [0, 0.05) is 36.0 Å². The maximum Gasteiger partial charge on any atom is 0.251 e. The molecular formula is C20H18N2O3S. The lowest BCUT2D eigenvalue weighted by Gasteiger charge is -2.05. The maximum absolute atomic E-state index is 12.3. The minimum atomic E-state index is -0.121. The summed E-state index contributed by atoms with van der Waals surface area (Å²) in [5.74, 6) is 1.17. The number of aromatic nitrogens is 1. The molecule has 4 rings (SSSR count). The molecule has 1 aliphatic rings. The summed E-state index contributed by atoms with van der Waals surface area (Å²) in [6, 6.07) is 15.5. The van der Waals surface area contributed by atoms with E-state index in [-0.39, 0.29) is 12.7 Å². The first-order chi connectivity index (χ1) is 12.8. The summed E-state index contributed by atoms with van der Waals surface area (Å²) in [6.07, 6.45) is 3.53. The Hall–Kier alpha value is -2.86. The van der Waals surface area contributed by atoms with Crippen LogP contribution in [0.5, 0.6) is 11.5 Å². The largest absolute Gasteiger partial charge is 0.454 e. The SMILES string of the molecule is O=C(NCCc1ncc(Cc2ccccc2)s1)c1ccc2c(c1)OCO2. The normalized spacial score (nSPS) is 12.2. The number of nitrogens with one attached hydrogen (secondary N) is 1. The Balaban J connectivity index is 1.29. The molecule has 2 aromatic carbocycles. The van der Waals surface area contributed by atoms with Gasteiger partial charge in [0.05, 0.1) is 5.01 Å². The molecule has 0 atom stereocenters. The second-order valence-corrected chi connectivity index (χ2v) is 7.16. The van der Waals surface area contributed by atoms with Gasteiger partial charge >= 0.3 is 0 Å². The maximum atomic E-state index is 12.3. The summed E-state index contributed by atoms with van der Waals surface area (Å²) in [6.45, 7) is 0.751. The zero-order valence-electron chi connectivity index (χ0n) is 14.1. The molecule has 0 aliphatic carbocycles. The highest BCUT2D eigenvalue weighted by Gasteiger charge is 2.16. The third-order valence-corrected chi connectivity index (χ3v) is 5.14. The number of fused-ring (bicyclic) bond motifs is 1. The van der Waals surface area contributed by atoms with E-state index < -0.39 is 0 Å². The van der Waals surface area contributed by atoms with Crippen molar-refractivity contribution in [2.24, 2.45) is 0 Å². The van der Waals surface area contributed by atoms with Gasteiger partial charge in [-0.2, -0.15) is 0 Å². The van der Waals surface area contributed by atoms with Crippen molar-refractivity contribution in [1.82, 2.24) is 10.3 Å². The van der Waals surface area contributed by atoms with Crippen molar-refractivity contribution < 1.29 is 14.3 Å². The number of nitrogens with zero attached hydrogens (tertiary/aromatic N) is 1. The van der Waals surface area contributed by atoms with Crippen LogP contribution in [0.2, 0.25) is 0 Å². The summed E-state index contributed by atoms with van der Waals surface area (Å²) in [4.78, 5) is 17.9. The average Bonchev–Trinajstić information content (AvgIpc) is 3.31. The van der Waals surface area contributed by atoms with Gasteiger partial charge in [0.2, 0.25) is 6.79 Å². The first-order valence-electron chi connectivity index (χ1n) is 8.43. The van der Waals surface area contributed by atoms with Crippen LogP contribution in [0.15, 0.2) is 54.7 Å². The molecule has 26 heavy (non-hydrogen) atoms. The molecule has 1 aromatic heterocycles. The predicted molar refractivity (Wildman–Crippen MR) is 100.0 cm³/mol. The van der Waals surface area contributed by atoms with Crippen LogP contribution in [0.25, 0.3) is 0 Å². The van der Waals surface area contributed by atoms with E-state index in [9.17, 15) is 4.79 Å². The molecule has 1 N–H and O–H groups in total. The third-order valence-electron chi connectivity index (χ3n) is 4.08. The number of hydrogen-bond acceptors (Lipinski definition) is 5. The molecule has 0 bridgehead atoms. The van der Waals surface area contributed by atoms with Crippen LogP contribution in [-0.4, -0.2) is 24.2 Å². The lowest BCUT2D eigenvalue weighted by atomic mass is 10.1.